The third kappa shape index (κ3) is 2.80. The molecule has 4 heteroatoms. The van der Waals surface area contributed by atoms with Crippen LogP contribution in [0.25, 0.3) is 0 Å². The van der Waals surface area contributed by atoms with E-state index in [4.69, 9.17) is 10.5 Å². The molecule has 1 rings (SSSR count). The lowest BCUT2D eigenvalue weighted by Gasteiger charge is -2.51. The first-order chi connectivity index (χ1) is 7.84. The second-order valence-corrected chi connectivity index (χ2v) is 5.75. The van der Waals surface area contributed by atoms with Crippen LogP contribution in [-0.4, -0.2) is 31.2 Å². The summed E-state index contributed by atoms with van der Waals surface area (Å²) in [7, 11) is 1.72. The standard InChI is InChI=1S/C13H26N2O2/c1-6-8(2)11(14)12(16)15-9-7-10(17-5)13(9,3)4/h8-11H,6-7,14H2,1-5H3,(H,15,16). The van der Waals surface area contributed by atoms with Gasteiger partial charge in [-0.15, -0.1) is 0 Å². The Hall–Kier alpha value is -0.610. The summed E-state index contributed by atoms with van der Waals surface area (Å²) < 4.78 is 5.36. The molecule has 0 bridgehead atoms. The van der Waals surface area contributed by atoms with E-state index in [1.807, 2.05) is 13.8 Å². The highest BCUT2D eigenvalue weighted by Gasteiger charge is 2.49. The summed E-state index contributed by atoms with van der Waals surface area (Å²) in [5.74, 6) is 0.184. The Morgan fingerprint density at radius 2 is 2.18 bits per heavy atom. The van der Waals surface area contributed by atoms with Gasteiger partial charge < -0.3 is 15.8 Å². The molecule has 1 amide bonds. The average molecular weight is 242 g/mol. The van der Waals surface area contributed by atoms with Crippen LogP contribution in [0.3, 0.4) is 0 Å². The van der Waals surface area contributed by atoms with Crippen molar-refractivity contribution in [2.45, 2.75) is 58.7 Å². The Kier molecular flexibility index (Phi) is 4.55. The predicted molar refractivity (Wildman–Crippen MR) is 68.6 cm³/mol. The van der Waals surface area contributed by atoms with Gasteiger partial charge in [-0.05, 0) is 12.3 Å². The molecule has 0 aromatic rings. The van der Waals surface area contributed by atoms with Crippen molar-refractivity contribution in [2.75, 3.05) is 7.11 Å². The monoisotopic (exact) mass is 242 g/mol. The van der Waals surface area contributed by atoms with E-state index in [1.165, 1.54) is 0 Å². The molecule has 0 saturated heterocycles. The SMILES string of the molecule is CCC(C)C(N)C(=O)NC1CC(OC)C1(C)C. The molecule has 0 aromatic heterocycles. The molecule has 17 heavy (non-hydrogen) atoms. The number of hydrogen-bond acceptors (Lipinski definition) is 3. The van der Waals surface area contributed by atoms with Gasteiger partial charge in [0.25, 0.3) is 0 Å². The number of amides is 1. The van der Waals surface area contributed by atoms with E-state index in [0.717, 1.165) is 12.8 Å². The van der Waals surface area contributed by atoms with E-state index in [2.05, 4.69) is 19.2 Å². The van der Waals surface area contributed by atoms with Crippen molar-refractivity contribution in [1.82, 2.24) is 5.32 Å². The first-order valence-corrected chi connectivity index (χ1v) is 6.43. The number of nitrogens with two attached hydrogens (primary N) is 1. The third-order valence-electron chi connectivity index (χ3n) is 4.34. The summed E-state index contributed by atoms with van der Waals surface area (Å²) in [6.07, 6.45) is 2.03. The van der Waals surface area contributed by atoms with Crippen LogP contribution in [0.15, 0.2) is 0 Å². The van der Waals surface area contributed by atoms with E-state index in [-0.39, 0.29) is 29.4 Å². The highest BCUT2D eigenvalue weighted by Crippen LogP contribution is 2.42. The van der Waals surface area contributed by atoms with E-state index in [1.54, 1.807) is 7.11 Å². The number of hydrogen-bond donors (Lipinski definition) is 2. The maximum atomic E-state index is 12.0. The maximum Gasteiger partial charge on any atom is 0.237 e. The molecule has 4 atom stereocenters. The van der Waals surface area contributed by atoms with Gasteiger partial charge in [-0.25, -0.2) is 0 Å². The molecule has 4 nitrogen and oxygen atoms in total. The molecule has 0 heterocycles. The molecule has 100 valence electrons. The van der Waals surface area contributed by atoms with E-state index < -0.39 is 6.04 Å². The summed E-state index contributed by atoms with van der Waals surface area (Å²) in [5, 5.41) is 3.04. The van der Waals surface area contributed by atoms with Crippen molar-refractivity contribution in [2.24, 2.45) is 17.1 Å². The first-order valence-electron chi connectivity index (χ1n) is 6.43. The fourth-order valence-corrected chi connectivity index (χ4v) is 2.31. The van der Waals surface area contributed by atoms with Gasteiger partial charge in [0.15, 0.2) is 0 Å². The molecule has 1 saturated carbocycles. The fourth-order valence-electron chi connectivity index (χ4n) is 2.31. The largest absolute Gasteiger partial charge is 0.381 e. The van der Waals surface area contributed by atoms with Crippen LogP contribution in [0, 0.1) is 11.3 Å². The number of rotatable bonds is 5. The summed E-state index contributed by atoms with van der Waals surface area (Å²) >= 11 is 0. The molecule has 0 spiro atoms. The van der Waals surface area contributed by atoms with Crippen molar-refractivity contribution >= 4 is 5.91 Å². The zero-order valence-corrected chi connectivity index (χ0v) is 11.6. The van der Waals surface area contributed by atoms with Crippen molar-refractivity contribution in [1.29, 1.82) is 0 Å². The zero-order valence-electron chi connectivity index (χ0n) is 11.6. The predicted octanol–water partition coefficient (Wildman–Crippen LogP) is 1.29. The van der Waals surface area contributed by atoms with Crippen LogP contribution in [0.1, 0.15) is 40.5 Å². The number of nitrogens with one attached hydrogen (secondary N) is 1. The van der Waals surface area contributed by atoms with Gasteiger partial charge in [-0.1, -0.05) is 34.1 Å². The van der Waals surface area contributed by atoms with Crippen molar-refractivity contribution < 1.29 is 9.53 Å². The van der Waals surface area contributed by atoms with Crippen LogP contribution < -0.4 is 11.1 Å². The fraction of sp³-hybridized carbons (Fsp3) is 0.923. The number of carbonyl (C=O) groups is 1. The molecule has 4 unspecified atom stereocenters. The van der Waals surface area contributed by atoms with Gasteiger partial charge in [0, 0.05) is 18.6 Å². The molecule has 0 aromatic carbocycles. The van der Waals surface area contributed by atoms with Gasteiger partial charge in [0.2, 0.25) is 5.91 Å². The quantitative estimate of drug-likeness (QED) is 0.763. The van der Waals surface area contributed by atoms with Crippen LogP contribution in [0.5, 0.6) is 0 Å². The lowest BCUT2D eigenvalue weighted by molar-refractivity contribution is -0.134. The molecular formula is C13H26N2O2. The smallest absolute Gasteiger partial charge is 0.237 e. The minimum absolute atomic E-state index is 0.000414. The molecular weight excluding hydrogens is 216 g/mol. The lowest BCUT2D eigenvalue weighted by Crippen LogP contribution is -2.63. The minimum atomic E-state index is -0.405. The van der Waals surface area contributed by atoms with Gasteiger partial charge in [-0.3, -0.25) is 4.79 Å². The molecule has 1 fully saturated rings. The van der Waals surface area contributed by atoms with E-state index >= 15 is 0 Å². The van der Waals surface area contributed by atoms with Gasteiger partial charge >= 0.3 is 0 Å². The van der Waals surface area contributed by atoms with Crippen molar-refractivity contribution in [3.05, 3.63) is 0 Å². The van der Waals surface area contributed by atoms with Gasteiger partial charge in [-0.2, -0.15) is 0 Å². The maximum absolute atomic E-state index is 12.0. The normalized spacial score (nSPS) is 30.2. The summed E-state index contributed by atoms with van der Waals surface area (Å²) in [6, 6.07) is -0.229. The summed E-state index contributed by atoms with van der Waals surface area (Å²) in [5.41, 5.74) is 5.91. The topological polar surface area (TPSA) is 64.4 Å². The molecule has 0 aliphatic heterocycles. The minimum Gasteiger partial charge on any atom is -0.381 e. The molecule has 0 radical (unpaired) electrons. The number of ether oxygens (including phenoxy) is 1. The Balaban J connectivity index is 2.49. The Morgan fingerprint density at radius 3 is 2.59 bits per heavy atom. The summed E-state index contributed by atoms with van der Waals surface area (Å²) in [4.78, 5) is 12.0. The summed E-state index contributed by atoms with van der Waals surface area (Å²) in [6.45, 7) is 8.29. The first kappa shape index (κ1) is 14.5. The Labute approximate surface area is 104 Å². The highest BCUT2D eigenvalue weighted by molar-refractivity contribution is 5.82. The Bertz CT molecular complexity index is 279. The van der Waals surface area contributed by atoms with Crippen molar-refractivity contribution in [3.63, 3.8) is 0 Å². The zero-order chi connectivity index (χ0) is 13.2. The van der Waals surface area contributed by atoms with Crippen LogP contribution >= 0.6 is 0 Å². The van der Waals surface area contributed by atoms with Crippen LogP contribution in [0.4, 0.5) is 0 Å². The van der Waals surface area contributed by atoms with Gasteiger partial charge in [0.05, 0.1) is 12.1 Å². The van der Waals surface area contributed by atoms with Crippen molar-refractivity contribution in [3.8, 4) is 0 Å². The van der Waals surface area contributed by atoms with Gasteiger partial charge in [0.1, 0.15) is 0 Å². The van der Waals surface area contributed by atoms with Crippen LogP contribution in [-0.2, 0) is 9.53 Å². The molecule has 3 N–H and O–H groups in total. The Morgan fingerprint density at radius 1 is 1.59 bits per heavy atom. The number of methoxy groups -OCH3 is 1. The second-order valence-electron chi connectivity index (χ2n) is 5.75. The van der Waals surface area contributed by atoms with E-state index in [0.29, 0.717) is 0 Å². The second kappa shape index (κ2) is 5.36. The number of carbonyl (C=O) groups excluding carboxylic acids is 1. The van der Waals surface area contributed by atoms with Crippen LogP contribution in [0.2, 0.25) is 0 Å². The molecule has 1 aliphatic rings. The van der Waals surface area contributed by atoms with E-state index in [9.17, 15) is 4.79 Å². The lowest BCUT2D eigenvalue weighted by atomic mass is 9.64. The third-order valence-corrected chi connectivity index (χ3v) is 4.34. The highest BCUT2D eigenvalue weighted by atomic mass is 16.5. The molecule has 1 aliphatic carbocycles. The average Bonchev–Trinajstić information content (AvgIpc) is 2.31.